The Morgan fingerprint density at radius 2 is 2.17 bits per heavy atom. The largest absolute Gasteiger partial charge is 0.324 e. The molecule has 3 heterocycles. The number of rotatable bonds is 7. The van der Waals surface area contributed by atoms with Crippen LogP contribution in [0, 0.1) is 11.3 Å². The van der Waals surface area contributed by atoms with E-state index in [2.05, 4.69) is 31.4 Å². The van der Waals surface area contributed by atoms with Crippen molar-refractivity contribution in [2.24, 2.45) is 0 Å². The zero-order chi connectivity index (χ0) is 20.2. The third kappa shape index (κ3) is 4.70. The van der Waals surface area contributed by atoms with Crippen molar-refractivity contribution in [1.29, 1.82) is 5.26 Å². The van der Waals surface area contributed by atoms with E-state index in [4.69, 9.17) is 16.9 Å². The molecule has 1 saturated heterocycles. The molecule has 1 N–H and O–H groups in total. The van der Waals surface area contributed by atoms with Gasteiger partial charge in [-0.1, -0.05) is 23.7 Å². The van der Waals surface area contributed by atoms with Crippen LogP contribution < -0.4 is 5.32 Å². The molecule has 0 aliphatic carbocycles. The van der Waals surface area contributed by atoms with Crippen molar-refractivity contribution in [2.45, 2.75) is 25.7 Å². The number of nitriles is 1. The van der Waals surface area contributed by atoms with Crippen LogP contribution in [-0.2, 0) is 13.1 Å². The number of alkyl halides is 1. The molecule has 0 atom stereocenters. The summed E-state index contributed by atoms with van der Waals surface area (Å²) in [6, 6.07) is 9.98. The number of hydrogen-bond acceptors (Lipinski definition) is 6. The van der Waals surface area contributed by atoms with Crippen molar-refractivity contribution in [3.05, 3.63) is 53.4 Å². The maximum Gasteiger partial charge on any atom is 0.227 e. The third-order valence-electron chi connectivity index (χ3n) is 4.61. The van der Waals surface area contributed by atoms with Gasteiger partial charge in [0.25, 0.3) is 0 Å². The molecular weight excluding hydrogens is 393 g/mol. The fraction of sp³-hybridized carbons (Fsp3) is 0.300. The minimum absolute atomic E-state index is 0.380. The second-order valence-corrected chi connectivity index (χ2v) is 7.31. The third-order valence-corrected chi connectivity index (χ3v) is 4.88. The highest BCUT2D eigenvalue weighted by Gasteiger charge is 2.25. The van der Waals surface area contributed by atoms with Crippen LogP contribution in [0.4, 0.5) is 16.0 Å². The molecule has 0 bridgehead atoms. The van der Waals surface area contributed by atoms with Gasteiger partial charge in [0.15, 0.2) is 0 Å². The standard InChI is InChI=1S/C20H19ClFN7/c21-18-9-24-20(27-19(18)15-8-25-29(11-15)6-2-5-23)26-17-4-1-3-14(7-17)10-28-12-16(22)13-28/h1,3-4,7-9,11,16H,2,6,10,12-13H2,(H,24,26,27). The summed E-state index contributed by atoms with van der Waals surface area (Å²) >= 11 is 6.29. The van der Waals surface area contributed by atoms with Crippen molar-refractivity contribution in [2.75, 3.05) is 18.4 Å². The highest BCUT2D eigenvalue weighted by molar-refractivity contribution is 6.32. The Morgan fingerprint density at radius 1 is 1.31 bits per heavy atom. The molecule has 0 saturated carbocycles. The first kappa shape index (κ1) is 19.3. The van der Waals surface area contributed by atoms with E-state index >= 15 is 0 Å². The molecule has 0 amide bonds. The molecule has 1 aliphatic rings. The van der Waals surface area contributed by atoms with Crippen LogP contribution in [0.25, 0.3) is 11.3 Å². The zero-order valence-corrected chi connectivity index (χ0v) is 16.3. The Labute approximate surface area is 172 Å². The molecule has 4 rings (SSSR count). The van der Waals surface area contributed by atoms with E-state index in [1.54, 1.807) is 23.3 Å². The summed E-state index contributed by atoms with van der Waals surface area (Å²) in [7, 11) is 0. The van der Waals surface area contributed by atoms with Crippen molar-refractivity contribution in [3.8, 4) is 17.3 Å². The second-order valence-electron chi connectivity index (χ2n) is 6.91. The van der Waals surface area contributed by atoms with Gasteiger partial charge in [0, 0.05) is 37.1 Å². The lowest BCUT2D eigenvalue weighted by Crippen LogP contribution is -2.47. The van der Waals surface area contributed by atoms with Crippen molar-refractivity contribution in [1.82, 2.24) is 24.6 Å². The van der Waals surface area contributed by atoms with E-state index in [1.165, 1.54) is 0 Å². The minimum atomic E-state index is -0.707. The molecule has 148 valence electrons. The van der Waals surface area contributed by atoms with E-state index in [9.17, 15) is 4.39 Å². The maximum atomic E-state index is 13.0. The summed E-state index contributed by atoms with van der Waals surface area (Å²) in [5.41, 5.74) is 3.26. The molecule has 7 nitrogen and oxygen atoms in total. The van der Waals surface area contributed by atoms with Crippen LogP contribution in [-0.4, -0.2) is 43.9 Å². The summed E-state index contributed by atoms with van der Waals surface area (Å²) in [6.07, 6.45) is 4.69. The highest BCUT2D eigenvalue weighted by atomic mass is 35.5. The number of halogens is 2. The van der Waals surface area contributed by atoms with Gasteiger partial charge in [0.2, 0.25) is 5.95 Å². The first-order chi connectivity index (χ1) is 14.1. The molecule has 3 aromatic rings. The van der Waals surface area contributed by atoms with Gasteiger partial charge in [0.1, 0.15) is 6.17 Å². The van der Waals surface area contributed by atoms with E-state index in [0.717, 1.165) is 16.8 Å². The maximum absolute atomic E-state index is 13.0. The quantitative estimate of drug-likeness (QED) is 0.636. The smallest absolute Gasteiger partial charge is 0.227 e. The average molecular weight is 412 g/mol. The van der Waals surface area contributed by atoms with Gasteiger partial charge >= 0.3 is 0 Å². The summed E-state index contributed by atoms with van der Waals surface area (Å²) in [4.78, 5) is 10.8. The number of nitrogens with zero attached hydrogens (tertiary/aromatic N) is 6. The monoisotopic (exact) mass is 411 g/mol. The lowest BCUT2D eigenvalue weighted by Gasteiger charge is -2.34. The number of anilines is 2. The minimum Gasteiger partial charge on any atom is -0.324 e. The molecule has 1 aromatic carbocycles. The van der Waals surface area contributed by atoms with Gasteiger partial charge in [-0.15, -0.1) is 0 Å². The van der Waals surface area contributed by atoms with Crippen LogP contribution in [0.1, 0.15) is 12.0 Å². The van der Waals surface area contributed by atoms with Gasteiger partial charge in [-0.05, 0) is 17.7 Å². The molecule has 1 fully saturated rings. The SMILES string of the molecule is N#CCCn1cc(-c2nc(Nc3cccc(CN4CC(F)C4)c3)ncc2Cl)cn1. The highest BCUT2D eigenvalue weighted by Crippen LogP contribution is 2.27. The normalized spacial score (nSPS) is 14.4. The van der Waals surface area contributed by atoms with E-state index in [-0.39, 0.29) is 0 Å². The lowest BCUT2D eigenvalue weighted by atomic mass is 10.1. The molecular formula is C20H19ClFN7. The number of likely N-dealkylation sites (tertiary alicyclic amines) is 1. The van der Waals surface area contributed by atoms with Gasteiger partial charge in [0.05, 0.1) is 42.1 Å². The fourth-order valence-electron chi connectivity index (χ4n) is 3.17. The number of benzene rings is 1. The molecule has 0 unspecified atom stereocenters. The first-order valence-electron chi connectivity index (χ1n) is 9.25. The number of aryl methyl sites for hydroxylation is 1. The van der Waals surface area contributed by atoms with Crippen LogP contribution in [0.5, 0.6) is 0 Å². The van der Waals surface area contributed by atoms with Crippen LogP contribution in [0.2, 0.25) is 5.02 Å². The molecule has 2 aromatic heterocycles. The summed E-state index contributed by atoms with van der Waals surface area (Å²) in [5, 5.41) is 16.6. The second kappa shape index (κ2) is 8.55. The average Bonchev–Trinajstić information content (AvgIpc) is 3.16. The Balaban J connectivity index is 1.49. The topological polar surface area (TPSA) is 82.7 Å². The molecule has 1 aliphatic heterocycles. The number of aromatic nitrogens is 4. The van der Waals surface area contributed by atoms with Gasteiger partial charge in [-0.25, -0.2) is 14.4 Å². The first-order valence-corrected chi connectivity index (χ1v) is 9.63. The predicted octanol–water partition coefficient (Wildman–Crippen LogP) is 3.80. The molecule has 0 radical (unpaired) electrons. The lowest BCUT2D eigenvalue weighted by molar-refractivity contribution is 0.0591. The van der Waals surface area contributed by atoms with Gasteiger partial charge < -0.3 is 5.32 Å². The summed E-state index contributed by atoms with van der Waals surface area (Å²) < 4.78 is 14.7. The molecule has 29 heavy (non-hydrogen) atoms. The van der Waals surface area contributed by atoms with Gasteiger partial charge in [-0.2, -0.15) is 10.4 Å². The van der Waals surface area contributed by atoms with Crippen LogP contribution in [0.3, 0.4) is 0 Å². The Hall–Kier alpha value is -3.02. The van der Waals surface area contributed by atoms with Crippen molar-refractivity contribution in [3.63, 3.8) is 0 Å². The van der Waals surface area contributed by atoms with E-state index in [1.807, 2.05) is 24.3 Å². The number of hydrogen-bond donors (Lipinski definition) is 1. The summed E-state index contributed by atoms with van der Waals surface area (Å²) in [6.45, 7) is 2.20. The van der Waals surface area contributed by atoms with Crippen LogP contribution >= 0.6 is 11.6 Å². The van der Waals surface area contributed by atoms with Crippen molar-refractivity contribution >= 4 is 23.2 Å². The molecule has 9 heteroatoms. The molecule has 0 spiro atoms. The Morgan fingerprint density at radius 3 is 2.97 bits per heavy atom. The van der Waals surface area contributed by atoms with E-state index in [0.29, 0.717) is 49.3 Å². The number of nitrogens with one attached hydrogen (secondary N) is 1. The predicted molar refractivity (Wildman–Crippen MR) is 108 cm³/mol. The Bertz CT molecular complexity index is 1040. The zero-order valence-electron chi connectivity index (χ0n) is 15.6. The van der Waals surface area contributed by atoms with Gasteiger partial charge in [-0.3, -0.25) is 9.58 Å². The van der Waals surface area contributed by atoms with E-state index < -0.39 is 6.17 Å². The van der Waals surface area contributed by atoms with Crippen LogP contribution in [0.15, 0.2) is 42.9 Å². The fourth-order valence-corrected chi connectivity index (χ4v) is 3.37. The Kier molecular flexibility index (Phi) is 5.69. The van der Waals surface area contributed by atoms with Crippen molar-refractivity contribution < 1.29 is 4.39 Å². The summed E-state index contributed by atoms with van der Waals surface area (Å²) in [5.74, 6) is 0.416.